The summed E-state index contributed by atoms with van der Waals surface area (Å²) in [5.74, 6) is 0.314. The summed E-state index contributed by atoms with van der Waals surface area (Å²) in [6.45, 7) is 1.80. The Morgan fingerprint density at radius 1 is 1.48 bits per heavy atom. The Labute approximate surface area is 139 Å². The van der Waals surface area contributed by atoms with E-state index in [0.717, 1.165) is 20.2 Å². The predicted octanol–water partition coefficient (Wildman–Crippen LogP) is 3.38. The van der Waals surface area contributed by atoms with E-state index in [2.05, 4.69) is 47.4 Å². The van der Waals surface area contributed by atoms with Gasteiger partial charge in [0.25, 0.3) is 5.91 Å². The minimum Gasteiger partial charge on any atom is -0.482 e. The summed E-state index contributed by atoms with van der Waals surface area (Å²) < 4.78 is 7.24. The number of nitrogens with zero attached hydrogens (tertiary/aromatic N) is 1. The van der Waals surface area contributed by atoms with Crippen molar-refractivity contribution in [1.29, 1.82) is 0 Å². The second-order valence-corrected chi connectivity index (χ2v) is 6.01. The van der Waals surface area contributed by atoms with Gasteiger partial charge in [0.1, 0.15) is 5.75 Å². The van der Waals surface area contributed by atoms with Crippen molar-refractivity contribution < 1.29 is 9.53 Å². The van der Waals surface area contributed by atoms with Crippen LogP contribution in [0.25, 0.3) is 0 Å². The van der Waals surface area contributed by atoms with Gasteiger partial charge >= 0.3 is 0 Å². The number of hydrogen-bond donors (Lipinski definition) is 2. The highest BCUT2D eigenvalue weighted by molar-refractivity contribution is 9.11. The summed E-state index contributed by atoms with van der Waals surface area (Å²) in [6.07, 6.45) is 3.30. The highest BCUT2D eigenvalue weighted by atomic mass is 79.9. The fraction of sp³-hybridized carbons (Fsp3) is 0.143. The van der Waals surface area contributed by atoms with E-state index in [1.54, 1.807) is 6.20 Å². The van der Waals surface area contributed by atoms with Gasteiger partial charge in [-0.3, -0.25) is 4.79 Å². The van der Waals surface area contributed by atoms with E-state index in [1.807, 2.05) is 31.2 Å². The van der Waals surface area contributed by atoms with Crippen LogP contribution in [0.2, 0.25) is 0 Å². The van der Waals surface area contributed by atoms with Gasteiger partial charge < -0.3 is 9.72 Å². The zero-order valence-corrected chi connectivity index (χ0v) is 14.4. The molecular formula is C14H13Br2N3O2. The maximum Gasteiger partial charge on any atom is 0.277 e. The second kappa shape index (κ2) is 7.42. The number of rotatable bonds is 5. The lowest BCUT2D eigenvalue weighted by Gasteiger charge is -2.10. The smallest absolute Gasteiger partial charge is 0.277 e. The molecule has 0 aliphatic carbocycles. The third kappa shape index (κ3) is 4.71. The molecule has 0 atom stereocenters. The summed E-state index contributed by atoms with van der Waals surface area (Å²) in [4.78, 5) is 14.6. The van der Waals surface area contributed by atoms with Crippen molar-refractivity contribution in [2.24, 2.45) is 5.10 Å². The highest BCUT2D eigenvalue weighted by Crippen LogP contribution is 2.32. The minimum atomic E-state index is -0.327. The number of aromatic amines is 1. The molecular weight excluding hydrogens is 402 g/mol. The van der Waals surface area contributed by atoms with Crippen molar-refractivity contribution in [2.45, 2.75) is 6.92 Å². The maximum absolute atomic E-state index is 11.6. The van der Waals surface area contributed by atoms with Crippen molar-refractivity contribution in [2.75, 3.05) is 6.61 Å². The normalized spacial score (nSPS) is 10.8. The number of hydrogen-bond acceptors (Lipinski definition) is 3. The number of aryl methyl sites for hydroxylation is 1. The molecule has 5 nitrogen and oxygen atoms in total. The summed E-state index contributed by atoms with van der Waals surface area (Å²) in [5, 5.41) is 3.83. The van der Waals surface area contributed by atoms with Crippen LogP contribution in [0.5, 0.6) is 5.75 Å². The molecule has 2 N–H and O–H groups in total. The molecule has 7 heteroatoms. The third-order valence-corrected chi connectivity index (χ3v) is 3.60. The first-order valence-corrected chi connectivity index (χ1v) is 7.68. The van der Waals surface area contributed by atoms with E-state index in [1.165, 1.54) is 6.21 Å². The largest absolute Gasteiger partial charge is 0.482 e. The minimum absolute atomic E-state index is 0.108. The number of carbonyl (C=O) groups is 1. The van der Waals surface area contributed by atoms with Crippen molar-refractivity contribution in [3.63, 3.8) is 0 Å². The van der Waals surface area contributed by atoms with Gasteiger partial charge in [0.2, 0.25) is 0 Å². The lowest BCUT2D eigenvalue weighted by molar-refractivity contribution is -0.123. The van der Waals surface area contributed by atoms with Gasteiger partial charge in [-0.25, -0.2) is 5.43 Å². The standard InChI is InChI=1S/C14H13Br2N3O2/c1-9-5-10(15)6-12(16)14(9)21-8-13(20)19-18-7-11-3-2-4-17-11/h2-7,17H,8H2,1H3,(H,19,20). The highest BCUT2D eigenvalue weighted by Gasteiger charge is 2.09. The molecule has 0 bridgehead atoms. The topological polar surface area (TPSA) is 66.5 Å². The van der Waals surface area contributed by atoms with Crippen LogP contribution in [-0.2, 0) is 4.79 Å². The molecule has 0 fully saturated rings. The summed E-state index contributed by atoms with van der Waals surface area (Å²) in [5.41, 5.74) is 4.14. The summed E-state index contributed by atoms with van der Waals surface area (Å²) >= 11 is 6.80. The molecule has 0 saturated heterocycles. The van der Waals surface area contributed by atoms with E-state index < -0.39 is 0 Å². The molecule has 1 heterocycles. The number of amides is 1. The van der Waals surface area contributed by atoms with Crippen molar-refractivity contribution in [3.05, 3.63) is 50.7 Å². The molecule has 0 aliphatic rings. The van der Waals surface area contributed by atoms with Gasteiger partial charge in [0, 0.05) is 10.7 Å². The van der Waals surface area contributed by atoms with Gasteiger partial charge in [-0.15, -0.1) is 0 Å². The molecule has 0 unspecified atom stereocenters. The monoisotopic (exact) mass is 413 g/mol. The Kier molecular flexibility index (Phi) is 5.58. The molecule has 0 saturated carbocycles. The molecule has 1 aromatic heterocycles. The number of nitrogens with one attached hydrogen (secondary N) is 2. The number of H-pyrrole nitrogens is 1. The van der Waals surface area contributed by atoms with Crippen molar-refractivity contribution in [1.82, 2.24) is 10.4 Å². The summed E-state index contributed by atoms with van der Waals surface area (Å²) in [7, 11) is 0. The van der Waals surface area contributed by atoms with Gasteiger partial charge in [0.05, 0.1) is 16.4 Å². The Hall–Kier alpha value is -1.60. The van der Waals surface area contributed by atoms with E-state index in [0.29, 0.717) is 5.75 Å². The van der Waals surface area contributed by atoms with Crippen molar-refractivity contribution in [3.8, 4) is 5.75 Å². The Bertz CT molecular complexity index is 631. The number of aromatic nitrogens is 1. The SMILES string of the molecule is Cc1cc(Br)cc(Br)c1OCC(=O)NN=Cc1ccc[nH]1. The van der Waals surface area contributed by atoms with E-state index in [-0.39, 0.29) is 12.5 Å². The number of hydrazone groups is 1. The predicted molar refractivity (Wildman–Crippen MR) is 88.6 cm³/mol. The third-order valence-electron chi connectivity index (χ3n) is 2.56. The van der Waals surface area contributed by atoms with Crippen LogP contribution in [0.15, 0.2) is 44.5 Å². The van der Waals surface area contributed by atoms with E-state index in [4.69, 9.17) is 4.74 Å². The Morgan fingerprint density at radius 2 is 2.29 bits per heavy atom. The summed E-state index contributed by atoms with van der Waals surface area (Å²) in [6, 6.07) is 7.47. The zero-order valence-electron chi connectivity index (χ0n) is 11.2. The molecule has 21 heavy (non-hydrogen) atoms. The Balaban J connectivity index is 1.87. The van der Waals surface area contributed by atoms with Crippen LogP contribution in [0.1, 0.15) is 11.3 Å². The van der Waals surface area contributed by atoms with Crippen LogP contribution >= 0.6 is 31.9 Å². The molecule has 1 aromatic carbocycles. The van der Waals surface area contributed by atoms with Crippen LogP contribution in [0.4, 0.5) is 0 Å². The molecule has 0 aliphatic heterocycles. The van der Waals surface area contributed by atoms with Gasteiger partial charge in [0.15, 0.2) is 6.61 Å². The Morgan fingerprint density at radius 3 is 2.95 bits per heavy atom. The number of benzene rings is 1. The average Bonchev–Trinajstić information content (AvgIpc) is 2.90. The van der Waals surface area contributed by atoms with Crippen LogP contribution < -0.4 is 10.2 Å². The van der Waals surface area contributed by atoms with Crippen LogP contribution in [0.3, 0.4) is 0 Å². The maximum atomic E-state index is 11.6. The fourth-order valence-corrected chi connectivity index (χ4v) is 3.19. The second-order valence-electron chi connectivity index (χ2n) is 4.24. The van der Waals surface area contributed by atoms with Crippen LogP contribution in [0, 0.1) is 6.92 Å². The number of ether oxygens (including phenoxy) is 1. The van der Waals surface area contributed by atoms with Gasteiger partial charge in [-0.1, -0.05) is 15.9 Å². The van der Waals surface area contributed by atoms with Gasteiger partial charge in [-0.2, -0.15) is 5.10 Å². The average molecular weight is 415 g/mol. The van der Waals surface area contributed by atoms with Crippen LogP contribution in [-0.4, -0.2) is 23.7 Å². The lowest BCUT2D eigenvalue weighted by atomic mass is 10.2. The molecule has 2 aromatic rings. The van der Waals surface area contributed by atoms with E-state index >= 15 is 0 Å². The zero-order chi connectivity index (χ0) is 15.2. The molecule has 1 amide bonds. The fourth-order valence-electron chi connectivity index (χ4n) is 1.64. The first-order valence-electron chi connectivity index (χ1n) is 6.10. The van der Waals surface area contributed by atoms with E-state index in [9.17, 15) is 4.79 Å². The first kappa shape index (κ1) is 15.8. The van der Waals surface area contributed by atoms with Gasteiger partial charge in [-0.05, 0) is 52.7 Å². The lowest BCUT2D eigenvalue weighted by Crippen LogP contribution is -2.24. The quantitative estimate of drug-likeness (QED) is 0.581. The molecule has 0 spiro atoms. The first-order chi connectivity index (χ1) is 10.1. The number of halogens is 2. The molecule has 2 rings (SSSR count). The van der Waals surface area contributed by atoms with Crippen molar-refractivity contribution >= 4 is 44.0 Å². The molecule has 0 radical (unpaired) electrons. The number of carbonyl (C=O) groups excluding carboxylic acids is 1. The molecule has 110 valence electrons.